The Balaban J connectivity index is 3.29. The molecule has 0 N–H and O–H groups in total. The van der Waals surface area contributed by atoms with Crippen LogP contribution in [0.3, 0.4) is 0 Å². The lowest BCUT2D eigenvalue weighted by molar-refractivity contribution is 0.436. The first kappa shape index (κ1) is 10.7. The van der Waals surface area contributed by atoms with E-state index in [0.29, 0.717) is 0 Å². The molecule has 65 valence electrons. The standard InChI is InChI=1S/C10H19O/c1-4-5-9(2)6-7-10(3)8-11/h9-10H,4-7H2,1-3H3. The number of hydrogen-bond donors (Lipinski definition) is 0. The Bertz CT molecular complexity index is 99.0. The van der Waals surface area contributed by atoms with Gasteiger partial charge in [0, 0.05) is 5.92 Å². The first-order valence-corrected chi connectivity index (χ1v) is 4.58. The first-order valence-electron chi connectivity index (χ1n) is 4.58. The monoisotopic (exact) mass is 155 g/mol. The number of rotatable bonds is 6. The zero-order valence-electron chi connectivity index (χ0n) is 7.89. The molecule has 0 amide bonds. The van der Waals surface area contributed by atoms with Crippen LogP contribution < -0.4 is 0 Å². The second kappa shape index (κ2) is 6.38. The van der Waals surface area contributed by atoms with Crippen LogP contribution in [0.25, 0.3) is 0 Å². The maximum atomic E-state index is 10.2. The molecular weight excluding hydrogens is 136 g/mol. The Labute approximate surface area is 70.2 Å². The molecule has 11 heavy (non-hydrogen) atoms. The van der Waals surface area contributed by atoms with Gasteiger partial charge in [-0.2, -0.15) is 0 Å². The maximum Gasteiger partial charge on any atom is 0.201 e. The molecule has 0 fully saturated rings. The predicted octanol–water partition coefficient (Wildman–Crippen LogP) is 2.95. The van der Waals surface area contributed by atoms with Gasteiger partial charge in [-0.3, -0.25) is 4.79 Å². The third-order valence-electron chi connectivity index (χ3n) is 2.08. The second-order valence-electron chi connectivity index (χ2n) is 3.49. The fourth-order valence-electron chi connectivity index (χ4n) is 1.23. The van der Waals surface area contributed by atoms with Crippen LogP contribution in [-0.2, 0) is 4.79 Å². The van der Waals surface area contributed by atoms with Crippen LogP contribution in [0, 0.1) is 11.8 Å². The van der Waals surface area contributed by atoms with Crippen molar-refractivity contribution in [2.24, 2.45) is 11.8 Å². The Morgan fingerprint density at radius 1 is 1.18 bits per heavy atom. The SMILES string of the molecule is CCCC(C)CCC(C)[C]=O. The van der Waals surface area contributed by atoms with Crippen molar-refractivity contribution in [3.63, 3.8) is 0 Å². The van der Waals surface area contributed by atoms with Gasteiger partial charge in [-0.25, -0.2) is 0 Å². The summed E-state index contributed by atoms with van der Waals surface area (Å²) < 4.78 is 0. The first-order chi connectivity index (χ1) is 5.20. The minimum atomic E-state index is 0.134. The lowest BCUT2D eigenvalue weighted by Gasteiger charge is -2.09. The Kier molecular flexibility index (Phi) is 6.19. The largest absolute Gasteiger partial charge is 0.291 e. The van der Waals surface area contributed by atoms with Crippen molar-refractivity contribution in [3.8, 4) is 0 Å². The summed E-state index contributed by atoms with van der Waals surface area (Å²) in [6, 6.07) is 0. The summed E-state index contributed by atoms with van der Waals surface area (Å²) in [5.41, 5.74) is 0. The molecule has 0 heterocycles. The molecule has 0 bridgehead atoms. The average Bonchev–Trinajstić information content (AvgIpc) is 2.01. The predicted molar refractivity (Wildman–Crippen MR) is 48.2 cm³/mol. The van der Waals surface area contributed by atoms with Crippen LogP contribution in [0.1, 0.15) is 46.5 Å². The van der Waals surface area contributed by atoms with E-state index in [4.69, 9.17) is 0 Å². The van der Waals surface area contributed by atoms with E-state index in [9.17, 15) is 4.79 Å². The molecule has 0 aliphatic rings. The molecule has 2 unspecified atom stereocenters. The quantitative estimate of drug-likeness (QED) is 0.576. The Morgan fingerprint density at radius 2 is 1.82 bits per heavy atom. The fraction of sp³-hybridized carbons (Fsp3) is 0.900. The van der Waals surface area contributed by atoms with Gasteiger partial charge in [0.1, 0.15) is 0 Å². The van der Waals surface area contributed by atoms with Crippen molar-refractivity contribution in [3.05, 3.63) is 0 Å². The van der Waals surface area contributed by atoms with Crippen LogP contribution in [0.2, 0.25) is 0 Å². The molecule has 0 aliphatic heterocycles. The third kappa shape index (κ3) is 6.08. The van der Waals surface area contributed by atoms with Gasteiger partial charge in [-0.15, -0.1) is 0 Å². The summed E-state index contributed by atoms with van der Waals surface area (Å²) in [4.78, 5) is 10.2. The van der Waals surface area contributed by atoms with Gasteiger partial charge in [0.2, 0.25) is 6.29 Å². The Morgan fingerprint density at radius 3 is 2.27 bits per heavy atom. The molecule has 1 nitrogen and oxygen atoms in total. The summed E-state index contributed by atoms with van der Waals surface area (Å²) >= 11 is 0. The lowest BCUT2D eigenvalue weighted by Crippen LogP contribution is -2.00. The van der Waals surface area contributed by atoms with E-state index in [0.717, 1.165) is 12.3 Å². The van der Waals surface area contributed by atoms with Crippen molar-refractivity contribution in [2.75, 3.05) is 0 Å². The van der Waals surface area contributed by atoms with E-state index in [2.05, 4.69) is 13.8 Å². The Hall–Kier alpha value is -0.330. The molecular formula is C10H19O. The minimum Gasteiger partial charge on any atom is -0.291 e. The summed E-state index contributed by atoms with van der Waals surface area (Å²) in [6.45, 7) is 6.39. The zero-order chi connectivity index (χ0) is 8.69. The molecule has 0 aliphatic carbocycles. The second-order valence-corrected chi connectivity index (χ2v) is 3.49. The molecule has 1 radical (unpaired) electrons. The van der Waals surface area contributed by atoms with E-state index in [-0.39, 0.29) is 5.92 Å². The molecule has 1 heteroatoms. The van der Waals surface area contributed by atoms with Crippen LogP contribution in [0.15, 0.2) is 0 Å². The van der Waals surface area contributed by atoms with Crippen molar-refractivity contribution in [1.29, 1.82) is 0 Å². The van der Waals surface area contributed by atoms with E-state index in [1.807, 2.05) is 13.2 Å². The highest BCUT2D eigenvalue weighted by atomic mass is 16.1. The minimum absolute atomic E-state index is 0.134. The maximum absolute atomic E-state index is 10.2. The topological polar surface area (TPSA) is 17.1 Å². The van der Waals surface area contributed by atoms with Crippen molar-refractivity contribution in [2.45, 2.75) is 46.5 Å². The molecule has 0 saturated carbocycles. The van der Waals surface area contributed by atoms with Crippen LogP contribution in [0.4, 0.5) is 0 Å². The molecule has 2 atom stereocenters. The number of carbonyl (C=O) groups excluding carboxylic acids is 1. The number of hydrogen-bond acceptors (Lipinski definition) is 1. The van der Waals surface area contributed by atoms with Gasteiger partial charge in [0.15, 0.2) is 0 Å². The van der Waals surface area contributed by atoms with E-state index < -0.39 is 0 Å². The third-order valence-corrected chi connectivity index (χ3v) is 2.08. The van der Waals surface area contributed by atoms with Gasteiger partial charge >= 0.3 is 0 Å². The molecule has 0 saturated heterocycles. The summed E-state index contributed by atoms with van der Waals surface area (Å²) in [5.74, 6) is 0.908. The van der Waals surface area contributed by atoms with Crippen molar-refractivity contribution >= 4 is 6.29 Å². The molecule has 0 aromatic rings. The van der Waals surface area contributed by atoms with E-state index >= 15 is 0 Å². The van der Waals surface area contributed by atoms with Crippen LogP contribution in [-0.4, -0.2) is 6.29 Å². The lowest BCUT2D eigenvalue weighted by atomic mass is 9.96. The average molecular weight is 155 g/mol. The van der Waals surface area contributed by atoms with Crippen molar-refractivity contribution < 1.29 is 4.79 Å². The highest BCUT2D eigenvalue weighted by Crippen LogP contribution is 2.15. The summed E-state index contributed by atoms with van der Waals surface area (Å²) in [6.07, 6.45) is 6.72. The van der Waals surface area contributed by atoms with Crippen molar-refractivity contribution in [1.82, 2.24) is 0 Å². The van der Waals surface area contributed by atoms with Crippen LogP contribution >= 0.6 is 0 Å². The van der Waals surface area contributed by atoms with Gasteiger partial charge in [0.05, 0.1) is 0 Å². The zero-order valence-corrected chi connectivity index (χ0v) is 7.89. The fourth-order valence-corrected chi connectivity index (χ4v) is 1.23. The van der Waals surface area contributed by atoms with E-state index in [1.54, 1.807) is 0 Å². The smallest absolute Gasteiger partial charge is 0.201 e. The van der Waals surface area contributed by atoms with Crippen LogP contribution in [0.5, 0.6) is 0 Å². The highest BCUT2D eigenvalue weighted by molar-refractivity contribution is 5.53. The molecule has 0 spiro atoms. The van der Waals surface area contributed by atoms with Gasteiger partial charge in [0.25, 0.3) is 0 Å². The van der Waals surface area contributed by atoms with Gasteiger partial charge in [-0.1, -0.05) is 40.0 Å². The van der Waals surface area contributed by atoms with Gasteiger partial charge < -0.3 is 0 Å². The molecule has 0 aromatic heterocycles. The molecule has 0 aromatic carbocycles. The summed E-state index contributed by atoms with van der Waals surface area (Å²) in [7, 11) is 0. The normalized spacial score (nSPS) is 15.9. The summed E-state index contributed by atoms with van der Waals surface area (Å²) in [5, 5.41) is 0. The highest BCUT2D eigenvalue weighted by Gasteiger charge is 2.04. The van der Waals surface area contributed by atoms with Gasteiger partial charge in [-0.05, 0) is 12.3 Å². The van der Waals surface area contributed by atoms with E-state index in [1.165, 1.54) is 19.3 Å². The molecule has 0 rings (SSSR count).